The van der Waals surface area contributed by atoms with Crippen LogP contribution in [0.1, 0.15) is 28.0 Å². The summed E-state index contributed by atoms with van der Waals surface area (Å²) >= 11 is 1.31. The quantitative estimate of drug-likeness (QED) is 0.662. The Morgan fingerprint density at radius 3 is 2.63 bits per heavy atom. The summed E-state index contributed by atoms with van der Waals surface area (Å²) in [6, 6.07) is 13.5. The van der Waals surface area contributed by atoms with Gasteiger partial charge in [-0.15, -0.1) is 11.3 Å². The predicted octanol–water partition coefficient (Wildman–Crippen LogP) is 4.41. The molecule has 0 aliphatic carbocycles. The zero-order valence-electron chi connectivity index (χ0n) is 14.7. The molecule has 3 rings (SSSR count). The lowest BCUT2D eigenvalue weighted by molar-refractivity contribution is -0.116. The van der Waals surface area contributed by atoms with Gasteiger partial charge in [0.1, 0.15) is 5.82 Å². The van der Waals surface area contributed by atoms with Gasteiger partial charge in [-0.1, -0.05) is 24.3 Å². The Morgan fingerprint density at radius 2 is 1.89 bits per heavy atom. The van der Waals surface area contributed by atoms with E-state index >= 15 is 0 Å². The highest BCUT2D eigenvalue weighted by Gasteiger charge is 2.10. The number of amides is 2. The van der Waals surface area contributed by atoms with E-state index in [4.69, 9.17) is 0 Å². The lowest BCUT2D eigenvalue weighted by atomic mass is 10.2. The molecule has 138 valence electrons. The average Bonchev–Trinajstić information content (AvgIpc) is 3.11. The Bertz CT molecular complexity index is 957. The van der Waals surface area contributed by atoms with Crippen LogP contribution in [-0.4, -0.2) is 16.8 Å². The second-order valence-electron chi connectivity index (χ2n) is 5.98. The molecule has 5 nitrogen and oxygen atoms in total. The normalized spacial score (nSPS) is 10.4. The molecule has 7 heteroatoms. The van der Waals surface area contributed by atoms with Gasteiger partial charge in [-0.05, 0) is 43.2 Å². The van der Waals surface area contributed by atoms with Crippen LogP contribution in [0.15, 0.2) is 53.9 Å². The number of halogens is 1. The molecular weight excluding hydrogens is 365 g/mol. The topological polar surface area (TPSA) is 71.1 Å². The number of nitrogens with zero attached hydrogens (tertiary/aromatic N) is 1. The zero-order chi connectivity index (χ0) is 19.2. The first-order valence-corrected chi connectivity index (χ1v) is 9.26. The lowest BCUT2D eigenvalue weighted by Gasteiger charge is -2.05. The number of hydrogen-bond acceptors (Lipinski definition) is 4. The molecule has 2 amide bonds. The van der Waals surface area contributed by atoms with Crippen molar-refractivity contribution >= 4 is 34.0 Å². The number of anilines is 2. The van der Waals surface area contributed by atoms with Crippen molar-refractivity contribution in [3.63, 3.8) is 0 Å². The van der Waals surface area contributed by atoms with Gasteiger partial charge in [0.05, 0.1) is 5.69 Å². The summed E-state index contributed by atoms with van der Waals surface area (Å²) in [4.78, 5) is 28.5. The molecule has 0 saturated carbocycles. The SMILES string of the molecule is Cc1ccc(NC(=O)CCc2csc(NC(=O)c3ccccc3)n2)cc1F. The summed E-state index contributed by atoms with van der Waals surface area (Å²) in [6.45, 7) is 1.66. The first-order chi connectivity index (χ1) is 13.0. The van der Waals surface area contributed by atoms with E-state index in [-0.39, 0.29) is 24.1 Å². The van der Waals surface area contributed by atoms with E-state index in [0.29, 0.717) is 34.1 Å². The van der Waals surface area contributed by atoms with Crippen molar-refractivity contribution in [3.05, 3.63) is 76.5 Å². The van der Waals surface area contributed by atoms with Crippen molar-refractivity contribution in [1.82, 2.24) is 4.98 Å². The monoisotopic (exact) mass is 383 g/mol. The lowest BCUT2D eigenvalue weighted by Crippen LogP contribution is -2.13. The third-order valence-electron chi connectivity index (χ3n) is 3.87. The molecule has 0 aliphatic heterocycles. The van der Waals surface area contributed by atoms with E-state index in [1.165, 1.54) is 17.4 Å². The first kappa shape index (κ1) is 18.7. The molecule has 27 heavy (non-hydrogen) atoms. The Morgan fingerprint density at radius 1 is 1.11 bits per heavy atom. The number of aromatic nitrogens is 1. The van der Waals surface area contributed by atoms with E-state index in [0.717, 1.165) is 0 Å². The van der Waals surface area contributed by atoms with Crippen LogP contribution in [0.4, 0.5) is 15.2 Å². The second-order valence-corrected chi connectivity index (χ2v) is 6.83. The van der Waals surface area contributed by atoms with Gasteiger partial charge in [0.2, 0.25) is 5.91 Å². The number of carbonyl (C=O) groups is 2. The highest BCUT2D eigenvalue weighted by atomic mass is 32.1. The van der Waals surface area contributed by atoms with Crippen LogP contribution in [0.2, 0.25) is 0 Å². The van der Waals surface area contributed by atoms with Crippen molar-refractivity contribution in [2.75, 3.05) is 10.6 Å². The van der Waals surface area contributed by atoms with E-state index in [1.54, 1.807) is 48.7 Å². The van der Waals surface area contributed by atoms with E-state index in [2.05, 4.69) is 15.6 Å². The number of benzene rings is 2. The number of aryl methyl sites for hydroxylation is 2. The Hall–Kier alpha value is -3.06. The largest absolute Gasteiger partial charge is 0.326 e. The Kier molecular flexibility index (Phi) is 5.93. The van der Waals surface area contributed by atoms with Gasteiger partial charge >= 0.3 is 0 Å². The van der Waals surface area contributed by atoms with Gasteiger partial charge in [-0.2, -0.15) is 0 Å². The fourth-order valence-electron chi connectivity index (χ4n) is 2.37. The molecule has 0 fully saturated rings. The number of rotatable bonds is 6. The first-order valence-electron chi connectivity index (χ1n) is 8.38. The maximum absolute atomic E-state index is 13.5. The van der Waals surface area contributed by atoms with Crippen LogP contribution in [0, 0.1) is 12.7 Å². The highest BCUT2D eigenvalue weighted by molar-refractivity contribution is 7.14. The molecule has 0 saturated heterocycles. The molecule has 3 aromatic rings. The smallest absolute Gasteiger partial charge is 0.257 e. The van der Waals surface area contributed by atoms with Gasteiger partial charge in [0, 0.05) is 23.1 Å². The van der Waals surface area contributed by atoms with Gasteiger partial charge < -0.3 is 5.32 Å². The molecule has 2 N–H and O–H groups in total. The van der Waals surface area contributed by atoms with Crippen LogP contribution < -0.4 is 10.6 Å². The second kappa shape index (κ2) is 8.55. The van der Waals surface area contributed by atoms with Crippen LogP contribution >= 0.6 is 11.3 Å². The fraction of sp³-hybridized carbons (Fsp3) is 0.150. The third-order valence-corrected chi connectivity index (χ3v) is 4.68. The van der Waals surface area contributed by atoms with Gasteiger partial charge in [-0.25, -0.2) is 9.37 Å². The standard InChI is InChI=1S/C20H18FN3O2S/c1-13-7-8-15(11-17(13)21)22-18(25)10-9-16-12-27-20(23-16)24-19(26)14-5-3-2-4-6-14/h2-8,11-12H,9-10H2,1H3,(H,22,25)(H,23,24,26). The van der Waals surface area contributed by atoms with Crippen molar-refractivity contribution in [2.24, 2.45) is 0 Å². The molecule has 0 bridgehead atoms. The summed E-state index contributed by atoms with van der Waals surface area (Å²) in [6.07, 6.45) is 0.642. The predicted molar refractivity (Wildman–Crippen MR) is 105 cm³/mol. The fourth-order valence-corrected chi connectivity index (χ4v) is 3.11. The minimum atomic E-state index is -0.355. The van der Waals surface area contributed by atoms with E-state index in [9.17, 15) is 14.0 Å². The van der Waals surface area contributed by atoms with Crippen molar-refractivity contribution in [3.8, 4) is 0 Å². The van der Waals surface area contributed by atoms with Crippen LogP contribution in [0.3, 0.4) is 0 Å². The Labute approximate surface area is 160 Å². The van der Waals surface area contributed by atoms with Gasteiger partial charge in [0.25, 0.3) is 5.91 Å². The zero-order valence-corrected chi connectivity index (χ0v) is 15.5. The average molecular weight is 383 g/mol. The molecular formula is C20H18FN3O2S. The molecule has 0 unspecified atom stereocenters. The summed E-state index contributed by atoms with van der Waals surface area (Å²) in [5.41, 5.74) is 2.23. The van der Waals surface area contributed by atoms with Crippen LogP contribution in [0.25, 0.3) is 0 Å². The summed E-state index contributed by atoms with van der Waals surface area (Å²) < 4.78 is 13.5. The van der Waals surface area contributed by atoms with Gasteiger partial charge in [-0.3, -0.25) is 14.9 Å². The van der Waals surface area contributed by atoms with E-state index < -0.39 is 0 Å². The van der Waals surface area contributed by atoms with Crippen LogP contribution in [0.5, 0.6) is 0 Å². The minimum Gasteiger partial charge on any atom is -0.326 e. The maximum Gasteiger partial charge on any atom is 0.257 e. The van der Waals surface area contributed by atoms with Crippen LogP contribution in [-0.2, 0) is 11.2 Å². The number of carbonyl (C=O) groups excluding carboxylic acids is 2. The number of thiazole rings is 1. The molecule has 1 heterocycles. The van der Waals surface area contributed by atoms with Crippen molar-refractivity contribution in [2.45, 2.75) is 19.8 Å². The maximum atomic E-state index is 13.5. The van der Waals surface area contributed by atoms with Gasteiger partial charge in [0.15, 0.2) is 5.13 Å². The molecule has 2 aromatic carbocycles. The summed E-state index contributed by atoms with van der Waals surface area (Å²) in [5.74, 6) is -0.803. The third kappa shape index (κ3) is 5.21. The number of hydrogen-bond donors (Lipinski definition) is 2. The summed E-state index contributed by atoms with van der Waals surface area (Å²) in [7, 11) is 0. The molecule has 0 radical (unpaired) electrons. The molecule has 0 atom stereocenters. The highest BCUT2D eigenvalue weighted by Crippen LogP contribution is 2.18. The Balaban J connectivity index is 1.51. The number of nitrogens with one attached hydrogen (secondary N) is 2. The molecule has 1 aromatic heterocycles. The van der Waals surface area contributed by atoms with Crippen molar-refractivity contribution < 1.29 is 14.0 Å². The molecule has 0 spiro atoms. The van der Waals surface area contributed by atoms with Crippen molar-refractivity contribution in [1.29, 1.82) is 0 Å². The molecule has 0 aliphatic rings. The summed E-state index contributed by atoms with van der Waals surface area (Å²) in [5, 5.41) is 7.70. The van der Waals surface area contributed by atoms with E-state index in [1.807, 2.05) is 6.07 Å². The minimum absolute atomic E-state index is 0.214.